The molecular formula is C12H18N2O2. The SMILES string of the molecule is CC(C)(C)CCOC(=O)c1ccc(N)nc1. The molecule has 0 radical (unpaired) electrons. The number of hydrogen-bond donors (Lipinski definition) is 1. The second kappa shape index (κ2) is 4.96. The third-order valence-corrected chi connectivity index (χ3v) is 2.11. The number of hydrogen-bond acceptors (Lipinski definition) is 4. The van der Waals surface area contributed by atoms with Crippen LogP contribution in [-0.4, -0.2) is 17.6 Å². The Bertz CT molecular complexity index is 352. The number of rotatable bonds is 3. The van der Waals surface area contributed by atoms with Crippen LogP contribution in [-0.2, 0) is 4.74 Å². The highest BCUT2D eigenvalue weighted by Gasteiger charge is 2.12. The maximum Gasteiger partial charge on any atom is 0.339 e. The number of pyridine rings is 1. The molecule has 88 valence electrons. The van der Waals surface area contributed by atoms with Gasteiger partial charge in [-0.05, 0) is 24.0 Å². The lowest BCUT2D eigenvalue weighted by Gasteiger charge is -2.17. The summed E-state index contributed by atoms with van der Waals surface area (Å²) >= 11 is 0. The van der Waals surface area contributed by atoms with E-state index in [0.29, 0.717) is 18.0 Å². The number of nitrogen functional groups attached to an aromatic ring is 1. The second-order valence-corrected chi connectivity index (χ2v) is 4.92. The Labute approximate surface area is 95.8 Å². The molecule has 0 bridgehead atoms. The van der Waals surface area contributed by atoms with Crippen molar-refractivity contribution in [2.24, 2.45) is 5.41 Å². The van der Waals surface area contributed by atoms with Crippen LogP contribution in [0.4, 0.5) is 5.82 Å². The Morgan fingerprint density at radius 3 is 2.62 bits per heavy atom. The molecule has 4 nitrogen and oxygen atoms in total. The predicted octanol–water partition coefficient (Wildman–Crippen LogP) is 2.26. The van der Waals surface area contributed by atoms with E-state index in [1.54, 1.807) is 12.1 Å². The Balaban J connectivity index is 2.44. The van der Waals surface area contributed by atoms with E-state index in [-0.39, 0.29) is 11.4 Å². The summed E-state index contributed by atoms with van der Waals surface area (Å²) in [6.07, 6.45) is 2.26. The summed E-state index contributed by atoms with van der Waals surface area (Å²) in [6, 6.07) is 3.20. The van der Waals surface area contributed by atoms with Gasteiger partial charge in [0.2, 0.25) is 0 Å². The van der Waals surface area contributed by atoms with E-state index in [1.165, 1.54) is 6.20 Å². The Hall–Kier alpha value is -1.58. The van der Waals surface area contributed by atoms with E-state index < -0.39 is 0 Å². The van der Waals surface area contributed by atoms with E-state index in [4.69, 9.17) is 10.5 Å². The van der Waals surface area contributed by atoms with Gasteiger partial charge in [0.25, 0.3) is 0 Å². The zero-order valence-corrected chi connectivity index (χ0v) is 9.99. The van der Waals surface area contributed by atoms with Gasteiger partial charge in [0.15, 0.2) is 0 Å². The van der Waals surface area contributed by atoms with Gasteiger partial charge >= 0.3 is 5.97 Å². The topological polar surface area (TPSA) is 65.2 Å². The largest absolute Gasteiger partial charge is 0.462 e. The van der Waals surface area contributed by atoms with Gasteiger partial charge < -0.3 is 10.5 Å². The van der Waals surface area contributed by atoms with Crippen molar-refractivity contribution >= 4 is 11.8 Å². The van der Waals surface area contributed by atoms with Gasteiger partial charge in [-0.1, -0.05) is 20.8 Å². The summed E-state index contributed by atoms with van der Waals surface area (Å²) in [5.74, 6) is 0.0444. The number of nitrogens with zero attached hydrogens (tertiary/aromatic N) is 1. The lowest BCUT2D eigenvalue weighted by molar-refractivity contribution is 0.0464. The standard InChI is InChI=1S/C12H18N2O2/c1-12(2,3)6-7-16-11(15)9-4-5-10(13)14-8-9/h4-5,8H,6-7H2,1-3H3,(H2,13,14). The Morgan fingerprint density at radius 2 is 2.12 bits per heavy atom. The first kappa shape index (κ1) is 12.5. The molecule has 0 spiro atoms. The molecule has 2 N–H and O–H groups in total. The third-order valence-electron chi connectivity index (χ3n) is 2.11. The minimum absolute atomic E-state index is 0.166. The molecule has 0 amide bonds. The summed E-state index contributed by atoms with van der Waals surface area (Å²) in [7, 11) is 0. The van der Waals surface area contributed by atoms with Crippen molar-refractivity contribution in [2.75, 3.05) is 12.3 Å². The molecule has 0 saturated carbocycles. The van der Waals surface area contributed by atoms with Crippen LogP contribution in [0.3, 0.4) is 0 Å². The number of carbonyl (C=O) groups is 1. The van der Waals surface area contributed by atoms with Crippen LogP contribution < -0.4 is 5.73 Å². The summed E-state index contributed by atoms with van der Waals surface area (Å²) in [4.78, 5) is 15.4. The smallest absolute Gasteiger partial charge is 0.339 e. The van der Waals surface area contributed by atoms with E-state index in [1.807, 2.05) is 0 Å². The van der Waals surface area contributed by atoms with Gasteiger partial charge in [-0.25, -0.2) is 9.78 Å². The average molecular weight is 222 g/mol. The summed E-state index contributed by atoms with van der Waals surface area (Å²) in [5.41, 5.74) is 6.02. The molecular weight excluding hydrogens is 204 g/mol. The molecule has 0 atom stereocenters. The molecule has 0 aromatic carbocycles. The van der Waals surface area contributed by atoms with Gasteiger partial charge in [-0.15, -0.1) is 0 Å². The van der Waals surface area contributed by atoms with Gasteiger partial charge in [-0.3, -0.25) is 0 Å². The van der Waals surface area contributed by atoms with Crippen molar-refractivity contribution in [1.29, 1.82) is 0 Å². The Morgan fingerprint density at radius 1 is 1.44 bits per heavy atom. The van der Waals surface area contributed by atoms with Crippen LogP contribution in [0, 0.1) is 5.41 Å². The fourth-order valence-electron chi connectivity index (χ4n) is 1.06. The van der Waals surface area contributed by atoms with Crippen molar-refractivity contribution in [1.82, 2.24) is 4.98 Å². The van der Waals surface area contributed by atoms with Crippen LogP contribution in [0.25, 0.3) is 0 Å². The lowest BCUT2D eigenvalue weighted by atomic mass is 9.93. The van der Waals surface area contributed by atoms with Crippen LogP contribution in [0.2, 0.25) is 0 Å². The monoisotopic (exact) mass is 222 g/mol. The molecule has 4 heteroatoms. The van der Waals surface area contributed by atoms with E-state index in [0.717, 1.165) is 6.42 Å². The maximum absolute atomic E-state index is 11.5. The quantitative estimate of drug-likeness (QED) is 0.797. The highest BCUT2D eigenvalue weighted by Crippen LogP contribution is 2.18. The first-order chi connectivity index (χ1) is 7.38. The number of esters is 1. The van der Waals surface area contributed by atoms with Gasteiger partial charge in [0, 0.05) is 6.20 Å². The molecule has 0 aliphatic heterocycles. The van der Waals surface area contributed by atoms with Gasteiger partial charge in [0.05, 0.1) is 12.2 Å². The fourth-order valence-corrected chi connectivity index (χ4v) is 1.06. The van der Waals surface area contributed by atoms with Gasteiger partial charge in [0.1, 0.15) is 5.82 Å². The molecule has 16 heavy (non-hydrogen) atoms. The van der Waals surface area contributed by atoms with Crippen molar-refractivity contribution in [3.05, 3.63) is 23.9 Å². The van der Waals surface area contributed by atoms with E-state index in [2.05, 4.69) is 25.8 Å². The number of nitrogens with two attached hydrogens (primary N) is 1. The summed E-state index contributed by atoms with van der Waals surface area (Å²) < 4.78 is 5.12. The average Bonchev–Trinajstić information content (AvgIpc) is 2.16. The number of carbonyl (C=O) groups excluding carboxylic acids is 1. The van der Waals surface area contributed by atoms with Crippen LogP contribution in [0.5, 0.6) is 0 Å². The van der Waals surface area contributed by atoms with Crippen molar-refractivity contribution in [3.8, 4) is 0 Å². The highest BCUT2D eigenvalue weighted by atomic mass is 16.5. The lowest BCUT2D eigenvalue weighted by Crippen LogP contribution is -2.13. The number of aromatic nitrogens is 1. The molecule has 1 rings (SSSR count). The highest BCUT2D eigenvalue weighted by molar-refractivity contribution is 5.89. The molecule has 1 heterocycles. The zero-order valence-electron chi connectivity index (χ0n) is 9.99. The fraction of sp³-hybridized carbons (Fsp3) is 0.500. The molecule has 0 saturated heterocycles. The molecule has 0 unspecified atom stereocenters. The van der Waals surface area contributed by atoms with E-state index in [9.17, 15) is 4.79 Å². The van der Waals surface area contributed by atoms with Crippen molar-refractivity contribution < 1.29 is 9.53 Å². The molecule has 0 fully saturated rings. The van der Waals surface area contributed by atoms with Gasteiger partial charge in [-0.2, -0.15) is 0 Å². The molecule has 0 aliphatic carbocycles. The predicted molar refractivity (Wildman–Crippen MR) is 63.0 cm³/mol. The first-order valence-corrected chi connectivity index (χ1v) is 5.27. The molecule has 1 aromatic rings. The molecule has 1 aromatic heterocycles. The molecule has 0 aliphatic rings. The third kappa shape index (κ3) is 4.29. The first-order valence-electron chi connectivity index (χ1n) is 5.27. The summed E-state index contributed by atoms with van der Waals surface area (Å²) in [5, 5.41) is 0. The minimum Gasteiger partial charge on any atom is -0.462 e. The van der Waals surface area contributed by atoms with Crippen LogP contribution in [0.1, 0.15) is 37.6 Å². The summed E-state index contributed by atoms with van der Waals surface area (Å²) in [6.45, 7) is 6.73. The second-order valence-electron chi connectivity index (χ2n) is 4.92. The normalized spacial score (nSPS) is 11.2. The minimum atomic E-state index is -0.350. The number of anilines is 1. The van der Waals surface area contributed by atoms with Crippen molar-refractivity contribution in [2.45, 2.75) is 27.2 Å². The maximum atomic E-state index is 11.5. The van der Waals surface area contributed by atoms with Crippen molar-refractivity contribution in [3.63, 3.8) is 0 Å². The number of ether oxygens (including phenoxy) is 1. The zero-order chi connectivity index (χ0) is 12.2. The van der Waals surface area contributed by atoms with Crippen LogP contribution >= 0.6 is 0 Å². The Kier molecular flexibility index (Phi) is 3.88. The van der Waals surface area contributed by atoms with E-state index >= 15 is 0 Å². The van der Waals surface area contributed by atoms with Crippen LogP contribution in [0.15, 0.2) is 18.3 Å².